The van der Waals surface area contributed by atoms with E-state index in [1.54, 1.807) is 25.2 Å². The Morgan fingerprint density at radius 3 is 2.62 bits per heavy atom. The summed E-state index contributed by atoms with van der Waals surface area (Å²) >= 11 is 0. The summed E-state index contributed by atoms with van der Waals surface area (Å²) in [4.78, 5) is 0.223. The van der Waals surface area contributed by atoms with E-state index >= 15 is 0 Å². The van der Waals surface area contributed by atoms with Gasteiger partial charge in [0, 0.05) is 25.1 Å². The van der Waals surface area contributed by atoms with Gasteiger partial charge in [0.15, 0.2) is 0 Å². The molecule has 0 fully saturated rings. The highest BCUT2D eigenvalue weighted by atomic mass is 32.2. The third kappa shape index (κ3) is 4.31. The fraction of sp³-hybridized carbons (Fsp3) is 0.500. The molecule has 1 aromatic rings. The fourth-order valence-corrected chi connectivity index (χ4v) is 3.39. The second-order valence-electron chi connectivity index (χ2n) is 5.05. The number of aliphatic hydroxyl groups excluding tert-OH is 1. The SMILES string of the molecule is CCC(C)N(C)S(=O)(=O)c1ccc(C)cc1C#CCCO. The Balaban J connectivity index is 3.33. The number of aliphatic hydroxyl groups is 1. The van der Waals surface area contributed by atoms with Crippen molar-refractivity contribution in [3.63, 3.8) is 0 Å². The van der Waals surface area contributed by atoms with Crippen LogP contribution in [0.5, 0.6) is 0 Å². The monoisotopic (exact) mass is 309 g/mol. The highest BCUT2D eigenvalue weighted by Gasteiger charge is 2.26. The molecule has 0 aliphatic rings. The van der Waals surface area contributed by atoms with Crippen LogP contribution in [-0.2, 0) is 10.0 Å². The van der Waals surface area contributed by atoms with Crippen LogP contribution in [0, 0.1) is 18.8 Å². The molecule has 0 aliphatic carbocycles. The maximum absolute atomic E-state index is 12.7. The molecule has 4 nitrogen and oxygen atoms in total. The van der Waals surface area contributed by atoms with E-state index in [1.165, 1.54) is 4.31 Å². The lowest BCUT2D eigenvalue weighted by Gasteiger charge is -2.23. The van der Waals surface area contributed by atoms with Gasteiger partial charge < -0.3 is 5.11 Å². The summed E-state index contributed by atoms with van der Waals surface area (Å²) in [6.45, 7) is 5.69. The molecule has 1 N–H and O–H groups in total. The Labute approximate surface area is 127 Å². The average molecular weight is 309 g/mol. The minimum absolute atomic E-state index is 0.0341. The number of nitrogens with zero attached hydrogens (tertiary/aromatic N) is 1. The maximum Gasteiger partial charge on any atom is 0.244 e. The van der Waals surface area contributed by atoms with Crippen LogP contribution < -0.4 is 0 Å². The average Bonchev–Trinajstić information content (AvgIpc) is 2.45. The quantitative estimate of drug-likeness (QED) is 0.848. The Hall–Kier alpha value is -1.35. The third-order valence-corrected chi connectivity index (χ3v) is 5.49. The van der Waals surface area contributed by atoms with Gasteiger partial charge in [-0.2, -0.15) is 4.31 Å². The lowest BCUT2D eigenvalue weighted by molar-refractivity contribution is 0.305. The largest absolute Gasteiger partial charge is 0.395 e. The molecule has 0 amide bonds. The van der Waals surface area contributed by atoms with E-state index < -0.39 is 10.0 Å². The van der Waals surface area contributed by atoms with E-state index in [-0.39, 0.29) is 17.5 Å². The molecule has 0 bridgehead atoms. The van der Waals surface area contributed by atoms with Gasteiger partial charge in [-0.15, -0.1) is 0 Å². The van der Waals surface area contributed by atoms with Crippen LogP contribution in [0.4, 0.5) is 0 Å². The summed E-state index contributed by atoms with van der Waals surface area (Å²) in [6.07, 6.45) is 1.07. The van der Waals surface area contributed by atoms with Gasteiger partial charge in [-0.05, 0) is 38.0 Å². The first-order valence-corrected chi connectivity index (χ1v) is 8.47. The van der Waals surface area contributed by atoms with Gasteiger partial charge in [0.1, 0.15) is 0 Å². The van der Waals surface area contributed by atoms with Gasteiger partial charge >= 0.3 is 0 Å². The number of rotatable bonds is 5. The Bertz CT molecular complexity index is 641. The number of sulfonamides is 1. The van der Waals surface area contributed by atoms with E-state index in [4.69, 9.17) is 5.11 Å². The van der Waals surface area contributed by atoms with Crippen molar-refractivity contribution in [2.45, 2.75) is 44.6 Å². The van der Waals surface area contributed by atoms with Crippen molar-refractivity contribution in [3.8, 4) is 11.8 Å². The summed E-state index contributed by atoms with van der Waals surface area (Å²) in [5.41, 5.74) is 1.44. The van der Waals surface area contributed by atoms with Gasteiger partial charge in [-0.3, -0.25) is 0 Å². The summed E-state index contributed by atoms with van der Waals surface area (Å²) in [7, 11) is -1.97. The topological polar surface area (TPSA) is 57.6 Å². The van der Waals surface area contributed by atoms with E-state index in [2.05, 4.69) is 11.8 Å². The van der Waals surface area contributed by atoms with Gasteiger partial charge in [0.2, 0.25) is 10.0 Å². The molecule has 0 radical (unpaired) electrons. The Morgan fingerprint density at radius 2 is 2.05 bits per heavy atom. The smallest absolute Gasteiger partial charge is 0.244 e. The molecule has 116 valence electrons. The van der Waals surface area contributed by atoms with Crippen molar-refractivity contribution in [2.24, 2.45) is 0 Å². The zero-order chi connectivity index (χ0) is 16.0. The molecule has 21 heavy (non-hydrogen) atoms. The van der Waals surface area contributed by atoms with Crippen LogP contribution in [0.2, 0.25) is 0 Å². The molecule has 1 rings (SSSR count). The summed E-state index contributed by atoms with van der Waals surface area (Å²) in [5.74, 6) is 5.65. The first kappa shape index (κ1) is 17.7. The van der Waals surface area contributed by atoms with Crippen molar-refractivity contribution < 1.29 is 13.5 Å². The molecule has 0 saturated carbocycles. The molecule has 0 saturated heterocycles. The molecule has 0 aromatic heterocycles. The summed E-state index contributed by atoms with van der Waals surface area (Å²) < 4.78 is 26.8. The molecule has 5 heteroatoms. The molecule has 0 spiro atoms. The number of hydrogen-bond donors (Lipinski definition) is 1. The first-order valence-electron chi connectivity index (χ1n) is 7.03. The Kier molecular flexibility index (Phi) is 6.41. The fourth-order valence-electron chi connectivity index (χ4n) is 1.83. The van der Waals surface area contributed by atoms with Crippen molar-refractivity contribution >= 4 is 10.0 Å². The zero-order valence-electron chi connectivity index (χ0n) is 13.0. The lowest BCUT2D eigenvalue weighted by atomic mass is 10.1. The second-order valence-corrected chi connectivity index (χ2v) is 7.02. The number of benzene rings is 1. The first-order chi connectivity index (χ1) is 9.84. The van der Waals surface area contributed by atoms with E-state index in [9.17, 15) is 8.42 Å². The van der Waals surface area contributed by atoms with E-state index in [0.29, 0.717) is 12.0 Å². The predicted octanol–water partition coefficient (Wildman–Crippen LogP) is 2.15. The molecule has 1 atom stereocenters. The van der Waals surface area contributed by atoms with Gasteiger partial charge in [0.25, 0.3) is 0 Å². The van der Waals surface area contributed by atoms with Crippen LogP contribution in [0.3, 0.4) is 0 Å². The minimum atomic E-state index is -3.57. The molecular formula is C16H23NO3S. The maximum atomic E-state index is 12.7. The van der Waals surface area contributed by atoms with Gasteiger partial charge in [0.05, 0.1) is 11.5 Å². The normalized spacial score (nSPS) is 12.9. The lowest BCUT2D eigenvalue weighted by Crippen LogP contribution is -2.35. The van der Waals surface area contributed by atoms with Gasteiger partial charge in [-0.25, -0.2) is 8.42 Å². The number of aryl methyl sites for hydroxylation is 1. The molecule has 0 heterocycles. The van der Waals surface area contributed by atoms with Crippen LogP contribution in [0.1, 0.15) is 37.8 Å². The molecule has 0 aliphatic heterocycles. The highest BCUT2D eigenvalue weighted by molar-refractivity contribution is 7.89. The van der Waals surface area contributed by atoms with Crippen molar-refractivity contribution in [1.82, 2.24) is 4.31 Å². The third-order valence-electron chi connectivity index (χ3n) is 3.46. The van der Waals surface area contributed by atoms with E-state index in [0.717, 1.165) is 12.0 Å². The summed E-state index contributed by atoms with van der Waals surface area (Å²) in [5, 5.41) is 8.79. The molecule has 1 aromatic carbocycles. The zero-order valence-corrected chi connectivity index (χ0v) is 13.9. The highest BCUT2D eigenvalue weighted by Crippen LogP contribution is 2.22. The Morgan fingerprint density at radius 1 is 1.38 bits per heavy atom. The van der Waals surface area contributed by atoms with Crippen molar-refractivity contribution in [3.05, 3.63) is 29.3 Å². The van der Waals surface area contributed by atoms with Crippen LogP contribution in [0.25, 0.3) is 0 Å². The van der Waals surface area contributed by atoms with Crippen LogP contribution in [-0.4, -0.2) is 37.5 Å². The second kappa shape index (κ2) is 7.60. The minimum Gasteiger partial charge on any atom is -0.395 e. The van der Waals surface area contributed by atoms with Crippen LogP contribution >= 0.6 is 0 Å². The van der Waals surface area contributed by atoms with E-state index in [1.807, 2.05) is 20.8 Å². The predicted molar refractivity (Wildman–Crippen MR) is 84.5 cm³/mol. The molecular weight excluding hydrogens is 286 g/mol. The summed E-state index contributed by atoms with van der Waals surface area (Å²) in [6, 6.07) is 5.07. The number of hydrogen-bond acceptors (Lipinski definition) is 3. The molecule has 1 unspecified atom stereocenters. The van der Waals surface area contributed by atoms with Gasteiger partial charge in [-0.1, -0.05) is 24.8 Å². The standard InChI is InChI=1S/C16H23NO3S/c1-5-14(3)17(4)21(19,20)16-10-9-13(2)12-15(16)8-6-7-11-18/h9-10,12,14,18H,5,7,11H2,1-4H3. The van der Waals surface area contributed by atoms with Crippen molar-refractivity contribution in [1.29, 1.82) is 0 Å². The van der Waals surface area contributed by atoms with Crippen molar-refractivity contribution in [2.75, 3.05) is 13.7 Å². The van der Waals surface area contributed by atoms with Crippen LogP contribution in [0.15, 0.2) is 23.1 Å².